The molecule has 1 aromatic carbocycles. The molecule has 0 unspecified atom stereocenters. The number of non-ortho nitro benzene ring substituents is 1. The van der Waals surface area contributed by atoms with Crippen molar-refractivity contribution in [1.82, 2.24) is 4.31 Å². The van der Waals surface area contributed by atoms with Crippen LogP contribution in [0.2, 0.25) is 0 Å². The molecular weight excluding hydrogens is 322 g/mol. The Bertz CT molecular complexity index is 639. The minimum absolute atomic E-state index is 0.0448. The summed E-state index contributed by atoms with van der Waals surface area (Å²) in [6.07, 6.45) is 0. The van der Waals surface area contributed by atoms with Crippen LogP contribution in [0.4, 0.5) is 11.4 Å². The molecule has 1 fully saturated rings. The van der Waals surface area contributed by atoms with Crippen LogP contribution in [0, 0.1) is 10.1 Å². The van der Waals surface area contributed by atoms with Crippen LogP contribution in [0.3, 0.4) is 0 Å². The Balaban J connectivity index is 1.99. The highest BCUT2D eigenvalue weighted by Gasteiger charge is 2.31. The van der Waals surface area contributed by atoms with Gasteiger partial charge in [0.1, 0.15) is 0 Å². The first-order valence-electron chi connectivity index (χ1n) is 7.33. The van der Waals surface area contributed by atoms with Crippen molar-refractivity contribution in [2.45, 2.75) is 12.2 Å². The fraction of sp³-hybridized carbons (Fsp3) is 0.571. The van der Waals surface area contributed by atoms with Crippen molar-refractivity contribution >= 4 is 21.4 Å². The summed E-state index contributed by atoms with van der Waals surface area (Å²) in [7, 11) is -1.87. The summed E-state index contributed by atoms with van der Waals surface area (Å²) >= 11 is 0. The Morgan fingerprint density at radius 2 is 1.78 bits per heavy atom. The molecule has 2 rings (SSSR count). The molecule has 0 aliphatic carbocycles. The van der Waals surface area contributed by atoms with Crippen LogP contribution in [-0.4, -0.2) is 62.8 Å². The first kappa shape index (κ1) is 17.6. The van der Waals surface area contributed by atoms with Gasteiger partial charge in [0.2, 0.25) is 10.0 Å². The Morgan fingerprint density at radius 3 is 2.26 bits per heavy atom. The van der Waals surface area contributed by atoms with Gasteiger partial charge in [-0.25, -0.2) is 8.42 Å². The van der Waals surface area contributed by atoms with Gasteiger partial charge in [-0.2, -0.15) is 4.31 Å². The van der Waals surface area contributed by atoms with E-state index in [9.17, 15) is 18.5 Å². The molecule has 0 spiro atoms. The summed E-state index contributed by atoms with van der Waals surface area (Å²) in [5.41, 5.74) is 0.904. The third-order valence-corrected chi connectivity index (χ3v) is 6.17. The molecular formula is C14H21N3O5S. The van der Waals surface area contributed by atoms with Crippen molar-refractivity contribution in [3.8, 4) is 0 Å². The predicted molar refractivity (Wildman–Crippen MR) is 87.1 cm³/mol. The van der Waals surface area contributed by atoms with Gasteiger partial charge in [0.25, 0.3) is 5.69 Å². The number of nitro benzene ring substituents is 1. The number of nitro groups is 1. The van der Waals surface area contributed by atoms with Gasteiger partial charge in [-0.15, -0.1) is 0 Å². The maximum Gasteiger partial charge on any atom is 0.269 e. The number of hydrogen-bond donors (Lipinski definition) is 0. The number of nitrogens with zero attached hydrogens (tertiary/aromatic N) is 3. The Morgan fingerprint density at radius 1 is 1.22 bits per heavy atom. The van der Waals surface area contributed by atoms with Gasteiger partial charge in [0, 0.05) is 51.1 Å². The molecule has 0 saturated carbocycles. The van der Waals surface area contributed by atoms with Crippen LogP contribution >= 0.6 is 0 Å². The van der Waals surface area contributed by atoms with Gasteiger partial charge in [-0.3, -0.25) is 10.1 Å². The molecule has 0 bridgehead atoms. The van der Waals surface area contributed by atoms with E-state index in [2.05, 4.69) is 0 Å². The molecule has 9 heteroatoms. The summed E-state index contributed by atoms with van der Waals surface area (Å²) in [5, 5.41) is 10.1. The molecule has 0 aromatic heterocycles. The topological polar surface area (TPSA) is 93.0 Å². The van der Waals surface area contributed by atoms with Gasteiger partial charge >= 0.3 is 0 Å². The third kappa shape index (κ3) is 3.98. The van der Waals surface area contributed by atoms with E-state index in [1.807, 2.05) is 4.90 Å². The molecule has 1 heterocycles. The number of ether oxygens (including phenoxy) is 1. The lowest BCUT2D eigenvalue weighted by atomic mass is 10.2. The zero-order valence-electron chi connectivity index (χ0n) is 13.2. The fourth-order valence-corrected chi connectivity index (χ4v) is 4.05. The van der Waals surface area contributed by atoms with Crippen molar-refractivity contribution in [3.63, 3.8) is 0 Å². The monoisotopic (exact) mass is 343 g/mol. The summed E-state index contributed by atoms with van der Waals surface area (Å²) in [6.45, 7) is 3.71. The average molecular weight is 343 g/mol. The lowest BCUT2D eigenvalue weighted by molar-refractivity contribution is -0.384. The van der Waals surface area contributed by atoms with Gasteiger partial charge in [0.05, 0.1) is 16.8 Å². The van der Waals surface area contributed by atoms with Crippen LogP contribution in [0.25, 0.3) is 0 Å². The Kier molecular flexibility index (Phi) is 5.55. The molecule has 1 aromatic rings. The lowest BCUT2D eigenvalue weighted by Gasteiger charge is -2.36. The standard InChI is InChI=1S/C14H21N3O5S/c1-12(11-22-2)23(20,21)16-9-7-15(8-10-16)13-3-5-14(6-4-13)17(18)19/h3-6,12H,7-11H2,1-2H3/t12-/m0/s1. The summed E-state index contributed by atoms with van der Waals surface area (Å²) in [4.78, 5) is 12.3. The van der Waals surface area contributed by atoms with Gasteiger partial charge in [-0.1, -0.05) is 0 Å². The van der Waals surface area contributed by atoms with Crippen molar-refractivity contribution in [3.05, 3.63) is 34.4 Å². The molecule has 1 aliphatic heterocycles. The molecule has 1 aliphatic rings. The van der Waals surface area contributed by atoms with E-state index in [-0.39, 0.29) is 12.3 Å². The Labute approximate surface area is 135 Å². The van der Waals surface area contributed by atoms with Gasteiger partial charge in [-0.05, 0) is 19.1 Å². The normalized spacial score (nSPS) is 17.9. The molecule has 1 saturated heterocycles. The first-order chi connectivity index (χ1) is 10.9. The summed E-state index contributed by atoms with van der Waals surface area (Å²) in [6, 6.07) is 6.30. The highest BCUT2D eigenvalue weighted by atomic mass is 32.2. The highest BCUT2D eigenvalue weighted by molar-refractivity contribution is 7.89. The number of sulfonamides is 1. The quantitative estimate of drug-likeness (QED) is 0.567. The molecule has 0 amide bonds. The van der Waals surface area contributed by atoms with E-state index in [4.69, 9.17) is 4.74 Å². The largest absolute Gasteiger partial charge is 0.383 e. The van der Waals surface area contributed by atoms with Crippen LogP contribution in [-0.2, 0) is 14.8 Å². The minimum atomic E-state index is -3.36. The first-order valence-corrected chi connectivity index (χ1v) is 8.84. The molecule has 1 atom stereocenters. The number of methoxy groups -OCH3 is 1. The predicted octanol–water partition coefficient (Wildman–Crippen LogP) is 1.08. The molecule has 128 valence electrons. The number of rotatable bonds is 6. The van der Waals surface area contributed by atoms with Crippen molar-refractivity contribution in [2.75, 3.05) is 44.8 Å². The Hall–Kier alpha value is -1.71. The van der Waals surface area contributed by atoms with E-state index in [1.54, 1.807) is 19.1 Å². The molecule has 8 nitrogen and oxygen atoms in total. The van der Waals surface area contributed by atoms with Crippen LogP contribution in [0.15, 0.2) is 24.3 Å². The maximum absolute atomic E-state index is 12.4. The van der Waals surface area contributed by atoms with E-state index in [0.29, 0.717) is 26.2 Å². The fourth-order valence-electron chi connectivity index (χ4n) is 2.56. The van der Waals surface area contributed by atoms with Crippen LogP contribution < -0.4 is 4.90 Å². The minimum Gasteiger partial charge on any atom is -0.383 e. The second kappa shape index (κ2) is 7.24. The van der Waals surface area contributed by atoms with Gasteiger partial charge < -0.3 is 9.64 Å². The van der Waals surface area contributed by atoms with Gasteiger partial charge in [0.15, 0.2) is 0 Å². The third-order valence-electron chi connectivity index (χ3n) is 3.93. The number of benzene rings is 1. The highest BCUT2D eigenvalue weighted by Crippen LogP contribution is 2.22. The SMILES string of the molecule is COC[C@H](C)S(=O)(=O)N1CCN(c2ccc([N+](=O)[O-])cc2)CC1. The zero-order valence-corrected chi connectivity index (χ0v) is 14.0. The van der Waals surface area contributed by atoms with Crippen molar-refractivity contribution in [2.24, 2.45) is 0 Å². The zero-order chi connectivity index (χ0) is 17.0. The van der Waals surface area contributed by atoms with E-state index in [1.165, 1.54) is 23.5 Å². The second-order valence-corrected chi connectivity index (χ2v) is 7.82. The van der Waals surface area contributed by atoms with Crippen molar-refractivity contribution < 1.29 is 18.1 Å². The number of piperazine rings is 1. The number of anilines is 1. The maximum atomic E-state index is 12.4. The summed E-state index contributed by atoms with van der Waals surface area (Å²) in [5.74, 6) is 0. The number of hydrogen-bond acceptors (Lipinski definition) is 6. The van der Waals surface area contributed by atoms with Crippen LogP contribution in [0.5, 0.6) is 0 Å². The van der Waals surface area contributed by atoms with E-state index in [0.717, 1.165) is 5.69 Å². The van der Waals surface area contributed by atoms with E-state index < -0.39 is 20.2 Å². The molecule has 0 N–H and O–H groups in total. The molecule has 0 radical (unpaired) electrons. The lowest BCUT2D eigenvalue weighted by Crippen LogP contribution is -2.51. The average Bonchev–Trinajstić information content (AvgIpc) is 2.55. The van der Waals surface area contributed by atoms with Crippen LogP contribution in [0.1, 0.15) is 6.92 Å². The smallest absolute Gasteiger partial charge is 0.269 e. The summed E-state index contributed by atoms with van der Waals surface area (Å²) < 4.78 is 31.2. The second-order valence-electron chi connectivity index (χ2n) is 5.47. The van der Waals surface area contributed by atoms with E-state index >= 15 is 0 Å². The van der Waals surface area contributed by atoms with Crippen molar-refractivity contribution in [1.29, 1.82) is 0 Å². The molecule has 23 heavy (non-hydrogen) atoms.